The fourth-order valence-corrected chi connectivity index (χ4v) is 3.24. The number of H-pyrrole nitrogens is 1. The molecule has 0 radical (unpaired) electrons. The third kappa shape index (κ3) is 2.34. The highest BCUT2D eigenvalue weighted by molar-refractivity contribution is 5.92. The van der Waals surface area contributed by atoms with Gasteiger partial charge < -0.3 is 9.80 Å². The molecule has 0 atom stereocenters. The molecule has 130 valence electrons. The number of hydrogen-bond acceptors (Lipinski definition) is 6. The number of fused-ring (bicyclic) bond motifs is 1. The third-order valence-corrected chi connectivity index (χ3v) is 4.71. The van der Waals surface area contributed by atoms with Gasteiger partial charge in [0.2, 0.25) is 11.9 Å². The Hall–Kier alpha value is -2.97. The summed E-state index contributed by atoms with van der Waals surface area (Å²) in [6.07, 6.45) is 5.35. The van der Waals surface area contributed by atoms with Crippen LogP contribution in [0.4, 0.5) is 5.95 Å². The van der Waals surface area contributed by atoms with Crippen LogP contribution >= 0.6 is 0 Å². The van der Waals surface area contributed by atoms with E-state index in [0.29, 0.717) is 19.0 Å². The first-order chi connectivity index (χ1) is 11.9. The van der Waals surface area contributed by atoms with Gasteiger partial charge in [0.15, 0.2) is 0 Å². The van der Waals surface area contributed by atoms with Gasteiger partial charge in [0, 0.05) is 38.9 Å². The Balaban J connectivity index is 1.80. The molecule has 0 aliphatic carbocycles. The van der Waals surface area contributed by atoms with Crippen LogP contribution in [-0.2, 0) is 11.8 Å². The minimum atomic E-state index is -0.696. The van der Waals surface area contributed by atoms with Crippen molar-refractivity contribution in [1.82, 2.24) is 34.8 Å². The molecule has 3 aromatic heterocycles. The summed E-state index contributed by atoms with van der Waals surface area (Å²) in [4.78, 5) is 25.4. The van der Waals surface area contributed by atoms with Crippen LogP contribution < -0.4 is 4.90 Å². The Kier molecular flexibility index (Phi) is 3.28. The van der Waals surface area contributed by atoms with Gasteiger partial charge in [-0.2, -0.15) is 10.2 Å². The highest BCUT2D eigenvalue weighted by atomic mass is 16.2. The predicted octanol–water partition coefficient (Wildman–Crippen LogP) is 0.810. The van der Waals surface area contributed by atoms with Gasteiger partial charge in [-0.15, -0.1) is 0 Å². The molecule has 9 nitrogen and oxygen atoms in total. The van der Waals surface area contributed by atoms with Gasteiger partial charge in [-0.1, -0.05) is 0 Å². The lowest BCUT2D eigenvalue weighted by molar-refractivity contribution is -0.136. The smallest absolute Gasteiger partial charge is 0.247 e. The number of anilines is 1. The second-order valence-electron chi connectivity index (χ2n) is 6.84. The number of nitrogens with zero attached hydrogens (tertiary/aromatic N) is 7. The summed E-state index contributed by atoms with van der Waals surface area (Å²) in [6, 6.07) is 0. The molecule has 25 heavy (non-hydrogen) atoms. The highest BCUT2D eigenvalue weighted by Gasteiger charge is 2.41. The summed E-state index contributed by atoms with van der Waals surface area (Å²) in [5, 5.41) is 11.5. The van der Waals surface area contributed by atoms with Crippen LogP contribution in [0, 0.1) is 0 Å². The maximum Gasteiger partial charge on any atom is 0.247 e. The Morgan fingerprint density at radius 1 is 1.20 bits per heavy atom. The molecular weight excluding hydrogens is 320 g/mol. The maximum atomic E-state index is 12.5. The minimum Gasteiger partial charge on any atom is -0.342 e. The number of aryl methyl sites for hydroxylation is 1. The van der Waals surface area contributed by atoms with Gasteiger partial charge in [-0.05, 0) is 13.8 Å². The van der Waals surface area contributed by atoms with Gasteiger partial charge in [0.1, 0.15) is 22.3 Å². The molecule has 4 rings (SSSR count). The molecule has 1 aliphatic heterocycles. The lowest BCUT2D eigenvalue weighted by Gasteiger charge is -2.44. The number of rotatable bonds is 2. The van der Waals surface area contributed by atoms with E-state index in [1.807, 2.05) is 39.0 Å². The predicted molar refractivity (Wildman–Crippen MR) is 92.9 cm³/mol. The number of piperazine rings is 1. The van der Waals surface area contributed by atoms with Crippen molar-refractivity contribution in [2.45, 2.75) is 19.4 Å². The first-order valence-corrected chi connectivity index (χ1v) is 8.11. The lowest BCUT2D eigenvalue weighted by atomic mass is 9.98. The summed E-state index contributed by atoms with van der Waals surface area (Å²) in [6.45, 7) is 5.12. The van der Waals surface area contributed by atoms with Gasteiger partial charge in [0.05, 0.1) is 12.4 Å². The largest absolute Gasteiger partial charge is 0.342 e. The van der Waals surface area contributed by atoms with Crippen molar-refractivity contribution in [3.63, 3.8) is 0 Å². The third-order valence-electron chi connectivity index (χ3n) is 4.71. The molecule has 1 fully saturated rings. The van der Waals surface area contributed by atoms with Crippen LogP contribution in [0.3, 0.4) is 0 Å². The quantitative estimate of drug-likeness (QED) is 0.742. The number of carbonyl (C=O) groups is 1. The molecule has 9 heteroatoms. The Morgan fingerprint density at radius 3 is 2.72 bits per heavy atom. The zero-order valence-electron chi connectivity index (χ0n) is 14.7. The fraction of sp³-hybridized carbons (Fsp3) is 0.438. The van der Waals surface area contributed by atoms with Crippen molar-refractivity contribution in [2.24, 2.45) is 7.05 Å². The normalized spacial score (nSPS) is 17.5. The molecule has 0 bridgehead atoms. The fourth-order valence-electron chi connectivity index (χ4n) is 3.24. The number of aromatic nitrogens is 6. The molecule has 0 spiro atoms. The lowest BCUT2D eigenvalue weighted by Crippen LogP contribution is -2.62. The second kappa shape index (κ2) is 5.27. The SMILES string of the molecule is CN1CCN(c2ncc3[nH]nc(-c4cnn(C)c4)c3n2)C(C)(C)C1=O. The molecule has 1 N–H and O–H groups in total. The standard InChI is InChI=1S/C16H20N8O/c1-16(2)14(25)22(3)5-6-24(16)15-17-8-11-13(19-15)12(21-20-11)10-7-18-23(4)9-10/h7-9H,5-6H2,1-4H3,(H,20,21). The van der Waals surface area contributed by atoms with E-state index < -0.39 is 5.54 Å². The highest BCUT2D eigenvalue weighted by Crippen LogP contribution is 2.29. The first kappa shape index (κ1) is 15.6. The van der Waals surface area contributed by atoms with Crippen LogP contribution in [-0.4, -0.2) is 66.4 Å². The van der Waals surface area contributed by atoms with E-state index in [0.717, 1.165) is 22.3 Å². The van der Waals surface area contributed by atoms with E-state index in [4.69, 9.17) is 4.98 Å². The van der Waals surface area contributed by atoms with Crippen LogP contribution in [0.15, 0.2) is 18.6 Å². The number of likely N-dealkylation sites (N-methyl/N-ethyl adjacent to an activating group) is 1. The summed E-state index contributed by atoms with van der Waals surface area (Å²) < 4.78 is 1.72. The second-order valence-corrected chi connectivity index (χ2v) is 6.84. The maximum absolute atomic E-state index is 12.5. The van der Waals surface area contributed by atoms with E-state index in [-0.39, 0.29) is 5.91 Å². The number of nitrogens with one attached hydrogen (secondary N) is 1. The minimum absolute atomic E-state index is 0.0575. The van der Waals surface area contributed by atoms with E-state index in [1.165, 1.54) is 0 Å². The van der Waals surface area contributed by atoms with E-state index >= 15 is 0 Å². The summed E-state index contributed by atoms with van der Waals surface area (Å²) in [7, 11) is 3.68. The average molecular weight is 340 g/mol. The monoisotopic (exact) mass is 340 g/mol. The van der Waals surface area contributed by atoms with Gasteiger partial charge in [-0.3, -0.25) is 14.6 Å². The first-order valence-electron chi connectivity index (χ1n) is 8.11. The Morgan fingerprint density at radius 2 is 2.00 bits per heavy atom. The zero-order chi connectivity index (χ0) is 17.8. The topological polar surface area (TPSA) is 95.8 Å². The molecule has 0 unspecified atom stereocenters. The number of hydrogen-bond donors (Lipinski definition) is 1. The van der Waals surface area contributed by atoms with Crippen LogP contribution in [0.25, 0.3) is 22.3 Å². The number of carbonyl (C=O) groups excluding carboxylic acids is 1. The summed E-state index contributed by atoms with van der Waals surface area (Å²) in [5.74, 6) is 0.590. The van der Waals surface area contributed by atoms with Crippen molar-refractivity contribution in [2.75, 3.05) is 25.0 Å². The molecule has 1 saturated heterocycles. The van der Waals surface area contributed by atoms with E-state index in [9.17, 15) is 4.79 Å². The van der Waals surface area contributed by atoms with Crippen LogP contribution in [0.1, 0.15) is 13.8 Å². The van der Waals surface area contributed by atoms with Crippen LogP contribution in [0.5, 0.6) is 0 Å². The van der Waals surface area contributed by atoms with Gasteiger partial charge in [-0.25, -0.2) is 9.97 Å². The van der Waals surface area contributed by atoms with Crippen molar-refractivity contribution in [3.8, 4) is 11.3 Å². The van der Waals surface area contributed by atoms with Crippen molar-refractivity contribution in [3.05, 3.63) is 18.6 Å². The summed E-state index contributed by atoms with van der Waals surface area (Å²) >= 11 is 0. The number of aromatic amines is 1. The molecule has 1 amide bonds. The van der Waals surface area contributed by atoms with Crippen LogP contribution in [0.2, 0.25) is 0 Å². The number of amides is 1. The van der Waals surface area contributed by atoms with Crippen molar-refractivity contribution in [1.29, 1.82) is 0 Å². The molecule has 3 aromatic rings. The molecule has 0 aromatic carbocycles. The molecule has 0 saturated carbocycles. The summed E-state index contributed by atoms with van der Waals surface area (Å²) in [5.41, 5.74) is 2.39. The molecule has 4 heterocycles. The van der Waals surface area contributed by atoms with Crippen molar-refractivity contribution >= 4 is 22.9 Å². The molecule has 1 aliphatic rings. The Labute approximate surface area is 144 Å². The molecular formula is C16H20N8O. The van der Waals surface area contributed by atoms with Gasteiger partial charge >= 0.3 is 0 Å². The van der Waals surface area contributed by atoms with E-state index in [1.54, 1.807) is 22.0 Å². The van der Waals surface area contributed by atoms with Gasteiger partial charge in [0.25, 0.3) is 0 Å². The Bertz CT molecular complexity index is 956. The zero-order valence-corrected chi connectivity index (χ0v) is 14.7. The van der Waals surface area contributed by atoms with E-state index in [2.05, 4.69) is 20.3 Å². The average Bonchev–Trinajstić information content (AvgIpc) is 3.18. The van der Waals surface area contributed by atoms with Crippen molar-refractivity contribution < 1.29 is 4.79 Å².